The molecule has 20 heavy (non-hydrogen) atoms. The van der Waals surface area contributed by atoms with Crippen molar-refractivity contribution in [3.05, 3.63) is 47.8 Å². The van der Waals surface area contributed by atoms with E-state index in [2.05, 4.69) is 39.8 Å². The van der Waals surface area contributed by atoms with Crippen molar-refractivity contribution in [2.45, 2.75) is 26.9 Å². The zero-order chi connectivity index (χ0) is 14.4. The molecule has 0 amide bonds. The van der Waals surface area contributed by atoms with Crippen LogP contribution in [0.2, 0.25) is 0 Å². The second kappa shape index (κ2) is 6.83. The van der Waals surface area contributed by atoms with E-state index in [1.165, 1.54) is 0 Å². The van der Waals surface area contributed by atoms with Crippen LogP contribution in [0.4, 0.5) is 0 Å². The third kappa shape index (κ3) is 3.90. The Labute approximate surface area is 119 Å². The Morgan fingerprint density at radius 1 is 1.35 bits per heavy atom. The molecule has 0 aliphatic heterocycles. The lowest BCUT2D eigenvalue weighted by Crippen LogP contribution is -2.21. The second-order valence-electron chi connectivity index (χ2n) is 5.16. The molecule has 0 atom stereocenters. The van der Waals surface area contributed by atoms with Crippen LogP contribution in [0.25, 0.3) is 0 Å². The largest absolute Gasteiger partial charge is 0.329 e. The van der Waals surface area contributed by atoms with Gasteiger partial charge >= 0.3 is 0 Å². The first-order chi connectivity index (χ1) is 9.69. The first kappa shape index (κ1) is 14.2. The van der Waals surface area contributed by atoms with Gasteiger partial charge in [-0.25, -0.2) is 9.97 Å². The van der Waals surface area contributed by atoms with E-state index in [4.69, 9.17) is 5.26 Å². The van der Waals surface area contributed by atoms with Gasteiger partial charge in [0.25, 0.3) is 0 Å². The molecule has 5 nitrogen and oxygen atoms in total. The molecular formula is C15H19N5. The fourth-order valence-corrected chi connectivity index (χ4v) is 1.95. The van der Waals surface area contributed by atoms with Gasteiger partial charge in [-0.05, 0) is 30.2 Å². The van der Waals surface area contributed by atoms with E-state index in [0.29, 0.717) is 18.2 Å². The standard InChI is InChI=1S/C15H19N5/c1-12(2)9-17-10-15-19-5-6-20(15)11-13-3-4-18-14(7-13)8-16/h3-7,12,17H,9-11H2,1-2H3. The minimum atomic E-state index is 0.446. The number of hydrogen-bond donors (Lipinski definition) is 1. The summed E-state index contributed by atoms with van der Waals surface area (Å²) in [4.78, 5) is 8.35. The summed E-state index contributed by atoms with van der Waals surface area (Å²) >= 11 is 0. The van der Waals surface area contributed by atoms with Crippen LogP contribution >= 0.6 is 0 Å². The lowest BCUT2D eigenvalue weighted by molar-refractivity contribution is 0.533. The van der Waals surface area contributed by atoms with Crippen LogP contribution in [0, 0.1) is 17.2 Å². The van der Waals surface area contributed by atoms with E-state index in [9.17, 15) is 0 Å². The molecule has 0 saturated carbocycles. The highest BCUT2D eigenvalue weighted by Crippen LogP contribution is 2.06. The van der Waals surface area contributed by atoms with Crippen LogP contribution in [0.1, 0.15) is 30.9 Å². The van der Waals surface area contributed by atoms with Gasteiger partial charge < -0.3 is 9.88 Å². The normalized spacial score (nSPS) is 10.7. The molecule has 2 aromatic heterocycles. The number of nitrogens with one attached hydrogen (secondary N) is 1. The fourth-order valence-electron chi connectivity index (χ4n) is 1.95. The molecule has 0 aliphatic rings. The lowest BCUT2D eigenvalue weighted by Gasteiger charge is -2.10. The molecule has 2 heterocycles. The average molecular weight is 269 g/mol. The molecule has 0 radical (unpaired) electrons. The Kier molecular flexibility index (Phi) is 4.85. The van der Waals surface area contributed by atoms with Crippen LogP contribution in [-0.2, 0) is 13.1 Å². The number of rotatable bonds is 6. The number of aromatic nitrogens is 3. The van der Waals surface area contributed by atoms with E-state index in [1.807, 2.05) is 18.3 Å². The third-order valence-electron chi connectivity index (χ3n) is 2.93. The molecule has 5 heteroatoms. The van der Waals surface area contributed by atoms with E-state index in [1.54, 1.807) is 12.4 Å². The van der Waals surface area contributed by atoms with Gasteiger partial charge in [0.2, 0.25) is 0 Å². The summed E-state index contributed by atoms with van der Waals surface area (Å²) in [5.74, 6) is 1.62. The predicted molar refractivity (Wildman–Crippen MR) is 76.8 cm³/mol. The Morgan fingerprint density at radius 3 is 2.95 bits per heavy atom. The molecule has 0 fully saturated rings. The molecular weight excluding hydrogens is 250 g/mol. The summed E-state index contributed by atoms with van der Waals surface area (Å²) in [7, 11) is 0. The zero-order valence-electron chi connectivity index (χ0n) is 11.9. The van der Waals surface area contributed by atoms with Crippen molar-refractivity contribution >= 4 is 0 Å². The maximum Gasteiger partial charge on any atom is 0.140 e. The molecule has 1 N–H and O–H groups in total. The molecule has 0 bridgehead atoms. The van der Waals surface area contributed by atoms with Crippen molar-refractivity contribution < 1.29 is 0 Å². The Morgan fingerprint density at radius 2 is 2.20 bits per heavy atom. The smallest absolute Gasteiger partial charge is 0.140 e. The van der Waals surface area contributed by atoms with Crippen LogP contribution in [-0.4, -0.2) is 21.1 Å². The van der Waals surface area contributed by atoms with Crippen LogP contribution < -0.4 is 5.32 Å². The van der Waals surface area contributed by atoms with Crippen molar-refractivity contribution in [1.29, 1.82) is 5.26 Å². The maximum atomic E-state index is 8.87. The van der Waals surface area contributed by atoms with Crippen molar-refractivity contribution in [2.75, 3.05) is 6.54 Å². The van der Waals surface area contributed by atoms with Gasteiger partial charge in [0.15, 0.2) is 0 Å². The molecule has 0 saturated heterocycles. The van der Waals surface area contributed by atoms with Crippen LogP contribution in [0.15, 0.2) is 30.7 Å². The molecule has 2 aromatic rings. The lowest BCUT2D eigenvalue weighted by atomic mass is 10.2. The average Bonchev–Trinajstić information content (AvgIpc) is 2.86. The van der Waals surface area contributed by atoms with Gasteiger partial charge in [-0.3, -0.25) is 0 Å². The van der Waals surface area contributed by atoms with E-state index in [-0.39, 0.29) is 0 Å². The van der Waals surface area contributed by atoms with Crippen LogP contribution in [0.3, 0.4) is 0 Å². The van der Waals surface area contributed by atoms with E-state index >= 15 is 0 Å². The molecule has 0 aliphatic carbocycles. The van der Waals surface area contributed by atoms with Gasteiger partial charge in [-0.1, -0.05) is 13.8 Å². The number of pyridine rings is 1. The summed E-state index contributed by atoms with van der Waals surface area (Å²) in [5, 5.41) is 12.3. The molecule has 104 valence electrons. The molecule has 0 spiro atoms. The highest BCUT2D eigenvalue weighted by molar-refractivity contribution is 5.25. The second-order valence-corrected chi connectivity index (χ2v) is 5.16. The first-order valence-corrected chi connectivity index (χ1v) is 6.75. The highest BCUT2D eigenvalue weighted by atomic mass is 15.1. The van der Waals surface area contributed by atoms with Gasteiger partial charge in [-0.2, -0.15) is 5.26 Å². The predicted octanol–water partition coefficient (Wildman–Crippen LogP) is 1.94. The number of nitriles is 1. The first-order valence-electron chi connectivity index (χ1n) is 6.75. The van der Waals surface area contributed by atoms with Crippen molar-refractivity contribution in [3.63, 3.8) is 0 Å². The van der Waals surface area contributed by atoms with Crippen molar-refractivity contribution in [1.82, 2.24) is 19.9 Å². The summed E-state index contributed by atoms with van der Waals surface area (Å²) in [5.41, 5.74) is 1.50. The monoisotopic (exact) mass is 269 g/mol. The minimum Gasteiger partial charge on any atom is -0.329 e. The van der Waals surface area contributed by atoms with Crippen LogP contribution in [0.5, 0.6) is 0 Å². The van der Waals surface area contributed by atoms with Gasteiger partial charge in [0.05, 0.1) is 6.54 Å². The molecule has 2 rings (SSSR count). The van der Waals surface area contributed by atoms with E-state index in [0.717, 1.165) is 24.5 Å². The quantitative estimate of drug-likeness (QED) is 0.870. The highest BCUT2D eigenvalue weighted by Gasteiger charge is 2.04. The van der Waals surface area contributed by atoms with Crippen molar-refractivity contribution in [3.8, 4) is 6.07 Å². The maximum absolute atomic E-state index is 8.87. The topological polar surface area (TPSA) is 66.5 Å². The Bertz CT molecular complexity index is 594. The van der Waals surface area contributed by atoms with Crippen molar-refractivity contribution in [2.24, 2.45) is 5.92 Å². The molecule has 0 aromatic carbocycles. The number of imidazole rings is 1. The summed E-state index contributed by atoms with van der Waals surface area (Å²) in [6, 6.07) is 5.79. The summed E-state index contributed by atoms with van der Waals surface area (Å²) < 4.78 is 2.09. The van der Waals surface area contributed by atoms with Gasteiger partial charge in [-0.15, -0.1) is 0 Å². The Hall–Kier alpha value is -2.19. The number of nitrogens with zero attached hydrogens (tertiary/aromatic N) is 4. The zero-order valence-corrected chi connectivity index (χ0v) is 11.9. The minimum absolute atomic E-state index is 0.446. The molecule has 0 unspecified atom stereocenters. The van der Waals surface area contributed by atoms with Gasteiger partial charge in [0, 0.05) is 25.1 Å². The summed E-state index contributed by atoms with van der Waals surface area (Å²) in [6.07, 6.45) is 5.43. The summed E-state index contributed by atoms with van der Waals surface area (Å²) in [6.45, 7) is 6.79. The third-order valence-corrected chi connectivity index (χ3v) is 2.93. The number of hydrogen-bond acceptors (Lipinski definition) is 4. The van der Waals surface area contributed by atoms with E-state index < -0.39 is 0 Å². The SMILES string of the molecule is CC(C)CNCc1nccn1Cc1ccnc(C#N)c1. The Balaban J connectivity index is 2.02. The van der Waals surface area contributed by atoms with Gasteiger partial charge in [0.1, 0.15) is 17.6 Å². The fraction of sp³-hybridized carbons (Fsp3) is 0.400.